The van der Waals surface area contributed by atoms with Gasteiger partial charge in [0.25, 0.3) is 0 Å². The Kier molecular flexibility index (Phi) is 4.85. The molecular formula is C21H19N5O2S. The van der Waals surface area contributed by atoms with Crippen LogP contribution in [0.3, 0.4) is 0 Å². The maximum atomic E-state index is 12.0. The fourth-order valence-electron chi connectivity index (χ4n) is 3.00. The average molecular weight is 405 g/mol. The Labute approximate surface area is 168 Å². The summed E-state index contributed by atoms with van der Waals surface area (Å²) in [5.74, 6) is 0.347. The first kappa shape index (κ1) is 18.8. The van der Waals surface area contributed by atoms with E-state index in [1.807, 2.05) is 42.5 Å². The summed E-state index contributed by atoms with van der Waals surface area (Å²) in [7, 11) is -1.71. The van der Waals surface area contributed by atoms with E-state index in [0.29, 0.717) is 17.1 Å². The van der Waals surface area contributed by atoms with Crippen LogP contribution in [0.5, 0.6) is 0 Å². The van der Waals surface area contributed by atoms with Gasteiger partial charge in [0, 0.05) is 23.2 Å². The first-order valence-electron chi connectivity index (χ1n) is 8.91. The predicted molar refractivity (Wildman–Crippen MR) is 113 cm³/mol. The molecule has 146 valence electrons. The highest BCUT2D eigenvalue weighted by atomic mass is 32.2. The summed E-state index contributed by atoms with van der Waals surface area (Å²) in [6.45, 7) is 0. The van der Waals surface area contributed by atoms with E-state index >= 15 is 0 Å². The molecule has 0 radical (unpaired) electrons. The van der Waals surface area contributed by atoms with Crippen molar-refractivity contribution in [1.82, 2.24) is 20.2 Å². The van der Waals surface area contributed by atoms with E-state index in [1.165, 1.54) is 11.1 Å². The topological polar surface area (TPSA) is 89.8 Å². The van der Waals surface area contributed by atoms with Crippen LogP contribution >= 0.6 is 0 Å². The Morgan fingerprint density at radius 3 is 2.34 bits per heavy atom. The summed E-state index contributed by atoms with van der Waals surface area (Å²) in [5.41, 5.74) is 4.30. The molecule has 0 spiro atoms. The first-order valence-corrected chi connectivity index (χ1v) is 10.8. The number of benzene rings is 3. The van der Waals surface area contributed by atoms with Gasteiger partial charge < -0.3 is 5.32 Å². The van der Waals surface area contributed by atoms with Crippen LogP contribution in [-0.4, -0.2) is 34.9 Å². The highest BCUT2D eigenvalue weighted by Crippen LogP contribution is 2.31. The summed E-state index contributed by atoms with van der Waals surface area (Å²) in [4.78, 5) is 1.53. The van der Waals surface area contributed by atoms with Gasteiger partial charge in [-0.25, -0.2) is 8.42 Å². The van der Waals surface area contributed by atoms with Gasteiger partial charge in [0.1, 0.15) is 0 Å². The lowest BCUT2D eigenvalue weighted by Gasteiger charge is -2.13. The second-order valence-corrected chi connectivity index (χ2v) is 8.67. The normalized spacial score (nSPS) is 11.4. The molecule has 0 fully saturated rings. The predicted octanol–water partition coefficient (Wildman–Crippen LogP) is 3.69. The Bertz CT molecular complexity index is 1270. The molecule has 1 aromatic heterocycles. The van der Waals surface area contributed by atoms with Crippen molar-refractivity contribution in [2.75, 3.05) is 11.6 Å². The Hall–Kier alpha value is -3.52. The molecule has 0 atom stereocenters. The highest BCUT2D eigenvalue weighted by molar-refractivity contribution is 7.90. The molecule has 4 aromatic rings. The minimum absolute atomic E-state index is 0.198. The molecule has 0 aliphatic rings. The molecule has 4 rings (SSSR count). The van der Waals surface area contributed by atoms with Gasteiger partial charge in [-0.1, -0.05) is 42.5 Å². The van der Waals surface area contributed by atoms with Gasteiger partial charge in [-0.05, 0) is 46.7 Å². The fraction of sp³-hybridized carbons (Fsp3) is 0.0952. The van der Waals surface area contributed by atoms with Crippen molar-refractivity contribution in [2.45, 2.75) is 4.90 Å². The quantitative estimate of drug-likeness (QED) is 0.545. The van der Waals surface area contributed by atoms with Crippen LogP contribution in [0.1, 0.15) is 0 Å². The van der Waals surface area contributed by atoms with Crippen molar-refractivity contribution in [1.29, 1.82) is 0 Å². The third-order valence-corrected chi connectivity index (χ3v) is 5.53. The van der Waals surface area contributed by atoms with E-state index in [4.69, 9.17) is 0 Å². The number of nitrogens with one attached hydrogen (secondary N) is 1. The van der Waals surface area contributed by atoms with Gasteiger partial charge in [-0.3, -0.25) is 0 Å². The second kappa shape index (κ2) is 7.48. The Balaban J connectivity index is 1.76. The van der Waals surface area contributed by atoms with E-state index in [2.05, 4.69) is 32.9 Å². The van der Waals surface area contributed by atoms with E-state index in [-0.39, 0.29) is 4.90 Å². The molecule has 0 aliphatic heterocycles. The number of rotatable bonds is 5. The number of tetrazole rings is 1. The van der Waals surface area contributed by atoms with Gasteiger partial charge in [0.05, 0.1) is 11.9 Å². The minimum atomic E-state index is -3.37. The molecule has 0 bridgehead atoms. The summed E-state index contributed by atoms with van der Waals surface area (Å²) >= 11 is 0. The van der Waals surface area contributed by atoms with Crippen molar-refractivity contribution in [3.8, 4) is 22.5 Å². The van der Waals surface area contributed by atoms with Crippen molar-refractivity contribution in [2.24, 2.45) is 7.05 Å². The summed E-state index contributed by atoms with van der Waals surface area (Å²) < 4.78 is 24.0. The number of hydrogen-bond donors (Lipinski definition) is 1. The van der Waals surface area contributed by atoms with Crippen molar-refractivity contribution >= 4 is 21.2 Å². The number of aromatic nitrogens is 4. The third-order valence-electron chi connectivity index (χ3n) is 4.42. The van der Waals surface area contributed by atoms with Crippen LogP contribution in [-0.2, 0) is 16.9 Å². The largest absolute Gasteiger partial charge is 0.355 e. The number of aryl methyl sites for hydroxylation is 1. The summed E-state index contributed by atoms with van der Waals surface area (Å²) in [6, 6.07) is 22.9. The molecule has 7 nitrogen and oxygen atoms in total. The van der Waals surface area contributed by atoms with Crippen LogP contribution < -0.4 is 5.32 Å². The van der Waals surface area contributed by atoms with Gasteiger partial charge in [-0.15, -0.1) is 10.2 Å². The molecule has 1 N–H and O–H groups in total. The third kappa shape index (κ3) is 4.17. The zero-order valence-corrected chi connectivity index (χ0v) is 16.8. The van der Waals surface area contributed by atoms with Crippen LogP contribution in [0.2, 0.25) is 0 Å². The zero-order valence-electron chi connectivity index (χ0n) is 15.9. The highest BCUT2D eigenvalue weighted by Gasteiger charge is 2.16. The molecule has 3 aromatic carbocycles. The number of hydrogen-bond acceptors (Lipinski definition) is 6. The molecule has 0 aliphatic carbocycles. The molecular weight excluding hydrogens is 386 g/mol. The Morgan fingerprint density at radius 1 is 0.897 bits per heavy atom. The molecule has 1 heterocycles. The molecule has 0 saturated heterocycles. The number of anilines is 2. The van der Waals surface area contributed by atoms with Crippen molar-refractivity contribution < 1.29 is 8.42 Å². The van der Waals surface area contributed by atoms with Crippen LogP contribution in [0.15, 0.2) is 77.7 Å². The molecule has 29 heavy (non-hydrogen) atoms. The first-order chi connectivity index (χ1) is 13.9. The molecule has 0 saturated carbocycles. The van der Waals surface area contributed by atoms with Crippen molar-refractivity contribution in [3.05, 3.63) is 72.8 Å². The summed E-state index contributed by atoms with van der Waals surface area (Å²) in [5, 5.41) is 15.5. The van der Waals surface area contributed by atoms with E-state index < -0.39 is 9.84 Å². The summed E-state index contributed by atoms with van der Waals surface area (Å²) in [6.07, 6.45) is 1.17. The van der Waals surface area contributed by atoms with Crippen LogP contribution in [0, 0.1) is 0 Å². The minimum Gasteiger partial charge on any atom is -0.355 e. The van der Waals surface area contributed by atoms with Crippen LogP contribution in [0.4, 0.5) is 11.4 Å². The van der Waals surface area contributed by atoms with E-state index in [1.54, 1.807) is 25.2 Å². The van der Waals surface area contributed by atoms with Crippen molar-refractivity contribution in [3.63, 3.8) is 0 Å². The van der Waals surface area contributed by atoms with E-state index in [9.17, 15) is 8.42 Å². The lowest BCUT2D eigenvalue weighted by molar-refractivity contribution is 0.602. The van der Waals surface area contributed by atoms with Gasteiger partial charge in [0.15, 0.2) is 9.84 Å². The lowest BCUT2D eigenvalue weighted by atomic mass is 10.0. The zero-order chi connectivity index (χ0) is 20.4. The van der Waals surface area contributed by atoms with E-state index in [0.717, 1.165) is 16.8 Å². The Morgan fingerprint density at radius 2 is 1.66 bits per heavy atom. The van der Waals surface area contributed by atoms with Crippen LogP contribution in [0.25, 0.3) is 22.5 Å². The molecule has 8 heteroatoms. The SMILES string of the molecule is Cn1nnc(-c2cc(S(C)(=O)=O)ccc2Nc2cccc(-c3ccccc3)c2)n1. The average Bonchev–Trinajstić information content (AvgIpc) is 3.14. The standard InChI is InChI=1S/C21H19N5O2S/c1-26-24-21(23-25-26)19-14-18(29(2,27)28)11-12-20(19)22-17-10-6-9-16(13-17)15-7-4-3-5-8-15/h3-14,22H,1-2H3. The maximum Gasteiger partial charge on any atom is 0.207 e. The van der Waals surface area contributed by atoms with Gasteiger partial charge >= 0.3 is 0 Å². The molecule has 0 unspecified atom stereocenters. The lowest BCUT2D eigenvalue weighted by Crippen LogP contribution is -2.01. The monoisotopic (exact) mass is 405 g/mol. The number of nitrogens with zero attached hydrogens (tertiary/aromatic N) is 4. The maximum absolute atomic E-state index is 12.0. The molecule has 0 amide bonds. The number of sulfone groups is 1. The smallest absolute Gasteiger partial charge is 0.207 e. The van der Waals surface area contributed by atoms with Gasteiger partial charge in [-0.2, -0.15) is 4.80 Å². The van der Waals surface area contributed by atoms with Gasteiger partial charge in [0.2, 0.25) is 5.82 Å². The fourth-order valence-corrected chi connectivity index (χ4v) is 3.65. The second-order valence-electron chi connectivity index (χ2n) is 6.65.